The second-order valence-corrected chi connectivity index (χ2v) is 7.53. The molecule has 5 nitrogen and oxygen atoms in total. The topological polar surface area (TPSA) is 76.7 Å². The molecule has 0 aliphatic carbocycles. The van der Waals surface area contributed by atoms with Gasteiger partial charge in [0.1, 0.15) is 11.3 Å². The van der Waals surface area contributed by atoms with Crippen molar-refractivity contribution >= 4 is 22.7 Å². The summed E-state index contributed by atoms with van der Waals surface area (Å²) in [5.41, 5.74) is 2.80. The van der Waals surface area contributed by atoms with Crippen LogP contribution in [-0.2, 0) is 21.4 Å². The van der Waals surface area contributed by atoms with Gasteiger partial charge in [0.2, 0.25) is 0 Å². The third kappa shape index (κ3) is 4.37. The molecule has 0 saturated carbocycles. The molecule has 0 fully saturated rings. The minimum atomic E-state index is -0.509. The number of rotatable bonds is 5. The second-order valence-electron chi connectivity index (χ2n) is 7.53. The summed E-state index contributed by atoms with van der Waals surface area (Å²) < 4.78 is 10.5. The molecular formula is C22H22O5. The number of aromatic hydroxyl groups is 1. The number of phenolic OH excluding ortho intramolecular Hbond substituents is 1. The molecule has 1 N–H and O–H groups in total. The standard InChI is InChI=1S/C22H22O5/c1-22(2,3)16-6-4-14(5-7-16)19(24)13-27-21(25)10-15-12-26-20-11-17(23)8-9-18(15)20/h4-9,11-12,23H,10,13H2,1-3H3. The molecule has 0 radical (unpaired) electrons. The number of esters is 1. The van der Waals surface area contributed by atoms with Gasteiger partial charge in [-0.3, -0.25) is 9.59 Å². The number of fused-ring (bicyclic) bond motifs is 1. The highest BCUT2D eigenvalue weighted by molar-refractivity contribution is 5.98. The maximum atomic E-state index is 12.2. The van der Waals surface area contributed by atoms with Crippen molar-refractivity contribution < 1.29 is 23.8 Å². The first-order chi connectivity index (χ1) is 12.7. The molecule has 0 spiro atoms. The largest absolute Gasteiger partial charge is 0.508 e. The van der Waals surface area contributed by atoms with Gasteiger partial charge in [-0.2, -0.15) is 0 Å². The third-order valence-electron chi connectivity index (χ3n) is 4.41. The molecule has 0 saturated heterocycles. The van der Waals surface area contributed by atoms with Gasteiger partial charge in [-0.15, -0.1) is 0 Å². The average molecular weight is 366 g/mol. The summed E-state index contributed by atoms with van der Waals surface area (Å²) in [5.74, 6) is -0.662. The molecule has 0 amide bonds. The lowest BCUT2D eigenvalue weighted by atomic mass is 9.86. The van der Waals surface area contributed by atoms with E-state index in [-0.39, 0.29) is 30.0 Å². The SMILES string of the molecule is CC(C)(C)c1ccc(C(=O)COC(=O)Cc2coc3cc(O)ccc23)cc1. The third-order valence-corrected chi connectivity index (χ3v) is 4.41. The number of carbonyl (C=O) groups excluding carboxylic acids is 2. The first-order valence-electron chi connectivity index (χ1n) is 8.72. The van der Waals surface area contributed by atoms with Crippen LogP contribution in [0.25, 0.3) is 11.0 Å². The van der Waals surface area contributed by atoms with E-state index in [0.29, 0.717) is 16.7 Å². The zero-order chi connectivity index (χ0) is 19.6. The van der Waals surface area contributed by atoms with Gasteiger partial charge in [-0.25, -0.2) is 0 Å². The van der Waals surface area contributed by atoms with Crippen molar-refractivity contribution in [2.24, 2.45) is 0 Å². The normalized spacial score (nSPS) is 11.5. The molecular weight excluding hydrogens is 344 g/mol. The summed E-state index contributed by atoms with van der Waals surface area (Å²) in [5, 5.41) is 10.2. The Kier molecular flexibility index (Phi) is 5.04. The van der Waals surface area contributed by atoms with E-state index >= 15 is 0 Å². The lowest BCUT2D eigenvalue weighted by molar-refractivity contribution is -0.141. The Labute approximate surface area is 157 Å². The fourth-order valence-corrected chi connectivity index (χ4v) is 2.80. The number of phenols is 1. The molecule has 2 aromatic carbocycles. The summed E-state index contributed by atoms with van der Waals surface area (Å²) in [6, 6.07) is 12.0. The average Bonchev–Trinajstić information content (AvgIpc) is 3.00. The van der Waals surface area contributed by atoms with Gasteiger partial charge in [0.25, 0.3) is 0 Å². The molecule has 5 heteroatoms. The summed E-state index contributed by atoms with van der Waals surface area (Å²) in [6.07, 6.45) is 1.45. The molecule has 3 aromatic rings. The van der Waals surface area contributed by atoms with Crippen LogP contribution < -0.4 is 0 Å². The first kappa shape index (κ1) is 18.7. The predicted molar refractivity (Wildman–Crippen MR) is 102 cm³/mol. The molecule has 0 atom stereocenters. The van der Waals surface area contributed by atoms with Crippen LogP contribution in [0.1, 0.15) is 42.3 Å². The van der Waals surface area contributed by atoms with E-state index < -0.39 is 5.97 Å². The van der Waals surface area contributed by atoms with E-state index in [0.717, 1.165) is 10.9 Å². The molecule has 0 bridgehead atoms. The van der Waals surface area contributed by atoms with E-state index in [1.54, 1.807) is 18.2 Å². The fourth-order valence-electron chi connectivity index (χ4n) is 2.80. The minimum Gasteiger partial charge on any atom is -0.508 e. The predicted octanol–water partition coefficient (Wildman–Crippen LogP) is 4.40. The van der Waals surface area contributed by atoms with Crippen LogP contribution in [0.2, 0.25) is 0 Å². The summed E-state index contributed by atoms with van der Waals surface area (Å²) in [7, 11) is 0. The Morgan fingerprint density at radius 1 is 1.07 bits per heavy atom. The van der Waals surface area contributed by atoms with Crippen LogP contribution >= 0.6 is 0 Å². The molecule has 3 rings (SSSR count). The summed E-state index contributed by atoms with van der Waals surface area (Å²) in [4.78, 5) is 24.3. The minimum absolute atomic E-state index is 0.00594. The highest BCUT2D eigenvalue weighted by Crippen LogP contribution is 2.25. The Morgan fingerprint density at radius 3 is 2.44 bits per heavy atom. The second kappa shape index (κ2) is 7.27. The summed E-state index contributed by atoms with van der Waals surface area (Å²) >= 11 is 0. The number of hydrogen-bond acceptors (Lipinski definition) is 5. The van der Waals surface area contributed by atoms with Crippen LogP contribution in [0.5, 0.6) is 5.75 Å². The van der Waals surface area contributed by atoms with Crippen molar-refractivity contribution in [1.29, 1.82) is 0 Å². The van der Waals surface area contributed by atoms with Crippen LogP contribution in [0.15, 0.2) is 53.1 Å². The van der Waals surface area contributed by atoms with Crippen molar-refractivity contribution in [3.63, 3.8) is 0 Å². The van der Waals surface area contributed by atoms with Gasteiger partial charge in [-0.05, 0) is 23.1 Å². The number of ketones is 1. The van der Waals surface area contributed by atoms with Gasteiger partial charge >= 0.3 is 5.97 Å². The van der Waals surface area contributed by atoms with Crippen molar-refractivity contribution in [2.75, 3.05) is 6.61 Å². The lowest BCUT2D eigenvalue weighted by Crippen LogP contribution is -2.16. The van der Waals surface area contributed by atoms with Crippen LogP contribution in [-0.4, -0.2) is 23.5 Å². The number of ether oxygens (including phenoxy) is 1. The number of furan rings is 1. The maximum absolute atomic E-state index is 12.2. The van der Waals surface area contributed by atoms with Crippen molar-refractivity contribution in [2.45, 2.75) is 32.6 Å². The van der Waals surface area contributed by atoms with Gasteiger partial charge in [0.15, 0.2) is 12.4 Å². The zero-order valence-electron chi connectivity index (χ0n) is 15.6. The summed E-state index contributed by atoms with van der Waals surface area (Å²) in [6.45, 7) is 6.01. The van der Waals surface area contributed by atoms with E-state index in [1.807, 2.05) is 12.1 Å². The quantitative estimate of drug-likeness (QED) is 0.535. The number of benzene rings is 2. The highest BCUT2D eigenvalue weighted by atomic mass is 16.5. The van der Waals surface area contributed by atoms with Crippen molar-refractivity contribution in [3.8, 4) is 5.75 Å². The van der Waals surface area contributed by atoms with Gasteiger partial charge in [0, 0.05) is 22.6 Å². The first-order valence-corrected chi connectivity index (χ1v) is 8.72. The van der Waals surface area contributed by atoms with Gasteiger partial charge in [-0.1, -0.05) is 45.0 Å². The zero-order valence-corrected chi connectivity index (χ0v) is 15.6. The number of Topliss-reactive ketones (excluding diaryl/α,β-unsaturated/α-hetero) is 1. The molecule has 140 valence electrons. The van der Waals surface area contributed by atoms with Crippen molar-refractivity contribution in [1.82, 2.24) is 0 Å². The van der Waals surface area contributed by atoms with E-state index in [1.165, 1.54) is 18.4 Å². The molecule has 1 heterocycles. The van der Waals surface area contributed by atoms with E-state index in [2.05, 4.69) is 20.8 Å². The van der Waals surface area contributed by atoms with Crippen LogP contribution in [0.3, 0.4) is 0 Å². The Morgan fingerprint density at radius 2 is 1.78 bits per heavy atom. The molecule has 27 heavy (non-hydrogen) atoms. The van der Waals surface area contributed by atoms with E-state index in [9.17, 15) is 14.7 Å². The molecule has 0 aliphatic rings. The Bertz CT molecular complexity index is 974. The fraction of sp³-hybridized carbons (Fsp3) is 0.273. The molecule has 1 aromatic heterocycles. The molecule has 0 unspecified atom stereocenters. The van der Waals surface area contributed by atoms with Gasteiger partial charge < -0.3 is 14.3 Å². The Balaban J connectivity index is 1.59. The molecule has 0 aliphatic heterocycles. The monoisotopic (exact) mass is 366 g/mol. The Hall–Kier alpha value is -3.08. The van der Waals surface area contributed by atoms with Gasteiger partial charge in [0.05, 0.1) is 12.7 Å². The van der Waals surface area contributed by atoms with E-state index in [4.69, 9.17) is 9.15 Å². The number of carbonyl (C=O) groups is 2. The lowest BCUT2D eigenvalue weighted by Gasteiger charge is -2.18. The maximum Gasteiger partial charge on any atom is 0.310 e. The number of hydrogen-bond donors (Lipinski definition) is 1. The smallest absolute Gasteiger partial charge is 0.310 e. The highest BCUT2D eigenvalue weighted by Gasteiger charge is 2.16. The van der Waals surface area contributed by atoms with Crippen LogP contribution in [0.4, 0.5) is 0 Å². The van der Waals surface area contributed by atoms with Crippen molar-refractivity contribution in [3.05, 3.63) is 65.4 Å². The van der Waals surface area contributed by atoms with Crippen LogP contribution in [0, 0.1) is 0 Å².